The van der Waals surface area contributed by atoms with Gasteiger partial charge in [0.15, 0.2) is 0 Å². The Bertz CT molecular complexity index is 188. The van der Waals surface area contributed by atoms with Crippen LogP contribution in [0.5, 0.6) is 0 Å². The number of ether oxygens (including phenoxy) is 1. The van der Waals surface area contributed by atoms with Crippen LogP contribution in [-0.2, 0) is 11.2 Å². The first-order valence-corrected chi connectivity index (χ1v) is 4.51. The van der Waals surface area contributed by atoms with Gasteiger partial charge in [0.1, 0.15) is 6.23 Å². The molecule has 0 saturated heterocycles. The quantitative estimate of drug-likeness (QED) is 0.689. The second-order valence-electron chi connectivity index (χ2n) is 2.18. The summed E-state index contributed by atoms with van der Waals surface area (Å²) in [6.07, 6.45) is 0.499. The van der Waals surface area contributed by atoms with Crippen LogP contribution in [0.4, 0.5) is 0 Å². The molecule has 1 atom stereocenters. The van der Waals surface area contributed by atoms with Crippen molar-refractivity contribution in [3.63, 3.8) is 0 Å². The SMILES string of the molecule is CCOC(N)Cc1cscn1. The van der Waals surface area contributed by atoms with Crippen LogP contribution in [0.15, 0.2) is 10.9 Å². The largest absolute Gasteiger partial charge is 0.363 e. The topological polar surface area (TPSA) is 48.1 Å². The third kappa shape index (κ3) is 2.96. The van der Waals surface area contributed by atoms with Crippen LogP contribution in [-0.4, -0.2) is 17.8 Å². The smallest absolute Gasteiger partial charge is 0.111 e. The minimum atomic E-state index is -0.206. The number of thiazole rings is 1. The Morgan fingerprint density at radius 1 is 1.82 bits per heavy atom. The third-order valence-corrected chi connectivity index (χ3v) is 1.91. The maximum Gasteiger partial charge on any atom is 0.111 e. The molecular weight excluding hydrogens is 160 g/mol. The number of hydrogen-bond acceptors (Lipinski definition) is 4. The van der Waals surface area contributed by atoms with Crippen LogP contribution < -0.4 is 5.73 Å². The highest BCUT2D eigenvalue weighted by Crippen LogP contribution is 2.03. The normalized spacial score (nSPS) is 13.3. The highest BCUT2D eigenvalue weighted by atomic mass is 32.1. The minimum absolute atomic E-state index is 0.206. The Morgan fingerprint density at radius 3 is 3.18 bits per heavy atom. The zero-order valence-corrected chi connectivity index (χ0v) is 7.30. The van der Waals surface area contributed by atoms with Crippen LogP contribution in [0.1, 0.15) is 12.6 Å². The standard InChI is InChI=1S/C7H12N2OS/c1-2-10-7(8)3-6-4-11-5-9-6/h4-5,7H,2-3,8H2,1H3. The Morgan fingerprint density at radius 2 is 2.64 bits per heavy atom. The van der Waals surface area contributed by atoms with Crippen molar-refractivity contribution in [2.75, 3.05) is 6.61 Å². The van der Waals surface area contributed by atoms with E-state index in [9.17, 15) is 0 Å². The van der Waals surface area contributed by atoms with Crippen LogP contribution in [0.25, 0.3) is 0 Å². The Hall–Kier alpha value is -0.450. The molecule has 0 saturated carbocycles. The van der Waals surface area contributed by atoms with Crippen LogP contribution >= 0.6 is 11.3 Å². The lowest BCUT2D eigenvalue weighted by Gasteiger charge is -2.08. The van der Waals surface area contributed by atoms with Gasteiger partial charge in [0.05, 0.1) is 11.2 Å². The van der Waals surface area contributed by atoms with E-state index in [0.29, 0.717) is 13.0 Å². The molecule has 0 radical (unpaired) electrons. The maximum absolute atomic E-state index is 5.62. The predicted molar refractivity (Wildman–Crippen MR) is 45.4 cm³/mol. The maximum atomic E-state index is 5.62. The summed E-state index contributed by atoms with van der Waals surface area (Å²) in [6, 6.07) is 0. The van der Waals surface area contributed by atoms with Gasteiger partial charge in [-0.15, -0.1) is 11.3 Å². The second-order valence-corrected chi connectivity index (χ2v) is 2.90. The molecule has 1 rings (SSSR count). The van der Waals surface area contributed by atoms with E-state index in [0.717, 1.165) is 5.69 Å². The van der Waals surface area contributed by atoms with Gasteiger partial charge in [-0.25, -0.2) is 4.98 Å². The van der Waals surface area contributed by atoms with Gasteiger partial charge in [-0.2, -0.15) is 0 Å². The fourth-order valence-corrected chi connectivity index (χ4v) is 1.39. The average Bonchev–Trinajstić information content (AvgIpc) is 2.40. The lowest BCUT2D eigenvalue weighted by Crippen LogP contribution is -2.26. The monoisotopic (exact) mass is 172 g/mol. The van der Waals surface area contributed by atoms with Gasteiger partial charge in [0.25, 0.3) is 0 Å². The Kier molecular flexibility index (Phi) is 3.48. The van der Waals surface area contributed by atoms with Crippen molar-refractivity contribution in [2.24, 2.45) is 5.73 Å². The van der Waals surface area contributed by atoms with Crippen molar-refractivity contribution < 1.29 is 4.74 Å². The molecule has 4 heteroatoms. The van der Waals surface area contributed by atoms with E-state index in [-0.39, 0.29) is 6.23 Å². The van der Waals surface area contributed by atoms with Gasteiger partial charge in [-0.1, -0.05) is 0 Å². The molecular formula is C7H12N2OS. The molecule has 0 aliphatic carbocycles. The van der Waals surface area contributed by atoms with Gasteiger partial charge in [0.2, 0.25) is 0 Å². The van der Waals surface area contributed by atoms with E-state index in [1.165, 1.54) is 0 Å². The molecule has 0 bridgehead atoms. The van der Waals surface area contributed by atoms with Crippen molar-refractivity contribution in [1.29, 1.82) is 0 Å². The zero-order valence-electron chi connectivity index (χ0n) is 6.49. The predicted octanol–water partition coefficient (Wildman–Crippen LogP) is 1.01. The first-order valence-electron chi connectivity index (χ1n) is 3.57. The third-order valence-electron chi connectivity index (χ3n) is 1.27. The molecule has 1 aromatic heterocycles. The molecule has 0 aliphatic heterocycles. The van der Waals surface area contributed by atoms with E-state index in [2.05, 4.69) is 4.98 Å². The molecule has 62 valence electrons. The minimum Gasteiger partial charge on any atom is -0.363 e. The zero-order chi connectivity index (χ0) is 8.10. The van der Waals surface area contributed by atoms with Gasteiger partial charge in [-0.3, -0.25) is 0 Å². The van der Waals surface area contributed by atoms with E-state index in [1.54, 1.807) is 16.8 Å². The summed E-state index contributed by atoms with van der Waals surface area (Å²) in [5, 5.41) is 1.98. The molecule has 0 aromatic carbocycles. The fourth-order valence-electron chi connectivity index (χ4n) is 0.817. The first-order chi connectivity index (χ1) is 5.33. The van der Waals surface area contributed by atoms with Crippen molar-refractivity contribution in [2.45, 2.75) is 19.6 Å². The molecule has 0 aliphatic rings. The Balaban J connectivity index is 2.31. The van der Waals surface area contributed by atoms with Gasteiger partial charge < -0.3 is 10.5 Å². The number of nitrogens with zero attached hydrogens (tertiary/aromatic N) is 1. The van der Waals surface area contributed by atoms with Crippen molar-refractivity contribution in [3.8, 4) is 0 Å². The molecule has 0 spiro atoms. The van der Waals surface area contributed by atoms with Gasteiger partial charge in [-0.05, 0) is 6.92 Å². The van der Waals surface area contributed by atoms with Crippen LogP contribution in [0, 0.1) is 0 Å². The summed E-state index contributed by atoms with van der Waals surface area (Å²) in [5.41, 5.74) is 8.43. The molecule has 2 N–H and O–H groups in total. The van der Waals surface area contributed by atoms with E-state index < -0.39 is 0 Å². The number of aromatic nitrogens is 1. The lowest BCUT2D eigenvalue weighted by molar-refractivity contribution is 0.0676. The summed E-state index contributed by atoms with van der Waals surface area (Å²) >= 11 is 1.58. The fraction of sp³-hybridized carbons (Fsp3) is 0.571. The van der Waals surface area contributed by atoms with Crippen LogP contribution in [0.2, 0.25) is 0 Å². The van der Waals surface area contributed by atoms with Crippen molar-refractivity contribution in [3.05, 3.63) is 16.6 Å². The summed E-state index contributed by atoms with van der Waals surface area (Å²) in [7, 11) is 0. The second kappa shape index (κ2) is 4.43. The van der Waals surface area contributed by atoms with E-state index >= 15 is 0 Å². The first kappa shape index (κ1) is 8.64. The average molecular weight is 172 g/mol. The molecule has 1 aromatic rings. The van der Waals surface area contributed by atoms with Crippen LogP contribution in [0.3, 0.4) is 0 Å². The highest BCUT2D eigenvalue weighted by molar-refractivity contribution is 7.07. The molecule has 1 heterocycles. The van der Waals surface area contributed by atoms with Crippen molar-refractivity contribution >= 4 is 11.3 Å². The Labute approximate surface area is 70.2 Å². The van der Waals surface area contributed by atoms with Gasteiger partial charge >= 0.3 is 0 Å². The molecule has 0 fully saturated rings. The summed E-state index contributed by atoms with van der Waals surface area (Å²) in [4.78, 5) is 4.10. The van der Waals surface area contributed by atoms with Crippen molar-refractivity contribution in [1.82, 2.24) is 4.98 Å². The summed E-state index contributed by atoms with van der Waals surface area (Å²) < 4.78 is 5.16. The lowest BCUT2D eigenvalue weighted by atomic mass is 10.3. The van der Waals surface area contributed by atoms with E-state index in [1.807, 2.05) is 12.3 Å². The van der Waals surface area contributed by atoms with E-state index in [4.69, 9.17) is 10.5 Å². The summed E-state index contributed by atoms with van der Waals surface area (Å²) in [5.74, 6) is 0. The molecule has 3 nitrogen and oxygen atoms in total. The number of nitrogens with two attached hydrogens (primary N) is 1. The molecule has 0 amide bonds. The van der Waals surface area contributed by atoms with Gasteiger partial charge in [0, 0.05) is 18.4 Å². The highest BCUT2D eigenvalue weighted by Gasteiger charge is 2.03. The number of rotatable bonds is 4. The number of hydrogen-bond donors (Lipinski definition) is 1. The molecule has 11 heavy (non-hydrogen) atoms. The molecule has 1 unspecified atom stereocenters. The summed E-state index contributed by atoms with van der Waals surface area (Å²) in [6.45, 7) is 2.59.